The van der Waals surface area contributed by atoms with Crippen molar-refractivity contribution in [2.45, 2.75) is 6.92 Å². The van der Waals surface area contributed by atoms with E-state index in [1.54, 1.807) is 31.5 Å². The van der Waals surface area contributed by atoms with Gasteiger partial charge in [-0.1, -0.05) is 0 Å². The molecule has 0 amide bonds. The summed E-state index contributed by atoms with van der Waals surface area (Å²) in [6, 6.07) is 5.92. The number of hydrogen-bond acceptors (Lipinski definition) is 5. The quantitative estimate of drug-likeness (QED) is 0.778. The van der Waals surface area contributed by atoms with Crippen LogP contribution >= 0.6 is 11.3 Å². The molecule has 96 valence electrons. The molecule has 0 saturated carbocycles. The van der Waals surface area contributed by atoms with Gasteiger partial charge in [-0.3, -0.25) is 4.79 Å². The van der Waals surface area contributed by atoms with E-state index in [0.717, 1.165) is 21.6 Å². The molecule has 0 spiro atoms. The largest absolute Gasteiger partial charge is 0.354 e. The lowest BCUT2D eigenvalue weighted by Gasteiger charge is -2.09. The number of nitrogens with zero attached hydrogens (tertiary/aromatic N) is 3. The molecular weight excluding hydrogens is 260 g/mol. The maximum Gasteiger partial charge on any atom is 0.271 e. The van der Waals surface area contributed by atoms with Gasteiger partial charge in [-0.2, -0.15) is 5.10 Å². The fraction of sp³-hybridized carbons (Fsp3) is 0.154. The van der Waals surface area contributed by atoms with Crippen LogP contribution in [0.2, 0.25) is 0 Å². The molecule has 0 aliphatic heterocycles. The third-order valence-electron chi connectivity index (χ3n) is 2.99. The molecule has 0 aliphatic carbocycles. The zero-order valence-electron chi connectivity index (χ0n) is 10.5. The second-order valence-electron chi connectivity index (χ2n) is 4.27. The zero-order chi connectivity index (χ0) is 13.4. The number of aromatic nitrogens is 3. The number of nitrogens with one attached hydrogen (secondary N) is 1. The van der Waals surface area contributed by atoms with Gasteiger partial charge in [0, 0.05) is 18.3 Å². The highest BCUT2D eigenvalue weighted by molar-refractivity contribution is 7.16. The first-order valence-electron chi connectivity index (χ1n) is 5.78. The minimum absolute atomic E-state index is 0.0936. The molecule has 6 heteroatoms. The molecule has 2 heterocycles. The number of benzene rings is 1. The van der Waals surface area contributed by atoms with Crippen LogP contribution in [0.25, 0.3) is 10.2 Å². The van der Waals surface area contributed by atoms with E-state index < -0.39 is 0 Å². The van der Waals surface area contributed by atoms with Gasteiger partial charge in [0.25, 0.3) is 5.56 Å². The summed E-state index contributed by atoms with van der Waals surface area (Å²) in [5.74, 6) is 0. The first kappa shape index (κ1) is 11.9. The van der Waals surface area contributed by atoms with Crippen molar-refractivity contribution >= 4 is 32.9 Å². The Hall–Kier alpha value is -2.21. The van der Waals surface area contributed by atoms with Crippen molar-refractivity contribution in [2.75, 3.05) is 5.32 Å². The predicted molar refractivity (Wildman–Crippen MR) is 77.1 cm³/mol. The van der Waals surface area contributed by atoms with Gasteiger partial charge in [-0.25, -0.2) is 9.67 Å². The third kappa shape index (κ3) is 2.10. The van der Waals surface area contributed by atoms with Crippen LogP contribution in [-0.2, 0) is 7.05 Å². The van der Waals surface area contributed by atoms with E-state index in [-0.39, 0.29) is 5.56 Å². The number of hydrogen-bond donors (Lipinski definition) is 1. The highest BCUT2D eigenvalue weighted by atomic mass is 32.1. The predicted octanol–water partition coefficient (Wildman–Crippen LogP) is 2.44. The molecule has 0 unspecified atom stereocenters. The van der Waals surface area contributed by atoms with Gasteiger partial charge < -0.3 is 5.32 Å². The van der Waals surface area contributed by atoms with Gasteiger partial charge in [-0.15, -0.1) is 11.3 Å². The number of fused-ring (bicyclic) bond motifs is 1. The summed E-state index contributed by atoms with van der Waals surface area (Å²) in [5, 5.41) is 7.25. The minimum Gasteiger partial charge on any atom is -0.354 e. The van der Waals surface area contributed by atoms with Crippen LogP contribution in [0, 0.1) is 6.92 Å². The fourth-order valence-corrected chi connectivity index (χ4v) is 2.58. The van der Waals surface area contributed by atoms with Crippen LogP contribution in [-0.4, -0.2) is 14.8 Å². The van der Waals surface area contributed by atoms with Crippen molar-refractivity contribution in [1.82, 2.24) is 14.8 Å². The van der Waals surface area contributed by atoms with Crippen LogP contribution < -0.4 is 10.9 Å². The van der Waals surface area contributed by atoms with Gasteiger partial charge in [0.05, 0.1) is 27.6 Å². The van der Waals surface area contributed by atoms with Crippen LogP contribution in [0.4, 0.5) is 11.4 Å². The van der Waals surface area contributed by atoms with Crippen LogP contribution in [0.15, 0.2) is 34.7 Å². The number of rotatable bonds is 2. The second kappa shape index (κ2) is 4.47. The Kier molecular flexibility index (Phi) is 2.79. The molecule has 0 radical (unpaired) electrons. The SMILES string of the molecule is Cc1c(Nc2ccc3ncsc3c2)cnn(C)c1=O. The first-order valence-corrected chi connectivity index (χ1v) is 6.66. The van der Waals surface area contributed by atoms with E-state index in [0.29, 0.717) is 5.56 Å². The van der Waals surface area contributed by atoms with Crippen LogP contribution in [0.5, 0.6) is 0 Å². The Balaban J connectivity index is 2.00. The second-order valence-corrected chi connectivity index (χ2v) is 5.16. The molecule has 3 aromatic rings. The van der Waals surface area contributed by atoms with Crippen molar-refractivity contribution in [3.05, 3.63) is 45.8 Å². The van der Waals surface area contributed by atoms with Crippen molar-refractivity contribution in [1.29, 1.82) is 0 Å². The number of anilines is 2. The Morgan fingerprint density at radius 1 is 1.37 bits per heavy atom. The summed E-state index contributed by atoms with van der Waals surface area (Å²) in [4.78, 5) is 16.0. The molecule has 0 aliphatic rings. The molecule has 5 nitrogen and oxygen atoms in total. The topological polar surface area (TPSA) is 59.8 Å². The van der Waals surface area contributed by atoms with Crippen molar-refractivity contribution in [3.63, 3.8) is 0 Å². The minimum atomic E-state index is -0.0936. The maximum absolute atomic E-state index is 11.8. The fourth-order valence-electron chi connectivity index (χ4n) is 1.87. The Morgan fingerprint density at radius 3 is 3.05 bits per heavy atom. The Labute approximate surface area is 113 Å². The van der Waals surface area contributed by atoms with Crippen molar-refractivity contribution in [3.8, 4) is 0 Å². The zero-order valence-corrected chi connectivity index (χ0v) is 11.4. The maximum atomic E-state index is 11.8. The van der Waals surface area contributed by atoms with Gasteiger partial charge in [0.15, 0.2) is 0 Å². The summed E-state index contributed by atoms with van der Waals surface area (Å²) < 4.78 is 2.44. The molecule has 19 heavy (non-hydrogen) atoms. The molecule has 1 N–H and O–H groups in total. The number of thiazole rings is 1. The summed E-state index contributed by atoms with van der Waals surface area (Å²) >= 11 is 1.59. The third-order valence-corrected chi connectivity index (χ3v) is 3.78. The monoisotopic (exact) mass is 272 g/mol. The molecule has 0 atom stereocenters. The lowest BCUT2D eigenvalue weighted by atomic mass is 10.2. The average molecular weight is 272 g/mol. The molecule has 1 aromatic carbocycles. The van der Waals surface area contributed by atoms with E-state index in [4.69, 9.17) is 0 Å². The molecule has 2 aromatic heterocycles. The highest BCUT2D eigenvalue weighted by Crippen LogP contribution is 2.24. The van der Waals surface area contributed by atoms with Crippen LogP contribution in [0.3, 0.4) is 0 Å². The standard InChI is InChI=1S/C13H12N4OS/c1-8-11(6-15-17(2)13(8)18)16-9-3-4-10-12(5-9)19-7-14-10/h3-7,16H,1-2H3. The first-order chi connectivity index (χ1) is 9.15. The van der Waals surface area contributed by atoms with Gasteiger partial charge in [0.2, 0.25) is 0 Å². The molecule has 0 saturated heterocycles. The summed E-state index contributed by atoms with van der Waals surface area (Å²) in [5.41, 5.74) is 5.02. The van der Waals surface area contributed by atoms with E-state index >= 15 is 0 Å². The smallest absolute Gasteiger partial charge is 0.271 e. The summed E-state index contributed by atoms with van der Waals surface area (Å²) in [6.45, 7) is 1.79. The van der Waals surface area contributed by atoms with Crippen molar-refractivity contribution < 1.29 is 0 Å². The van der Waals surface area contributed by atoms with Gasteiger partial charge in [0.1, 0.15) is 0 Å². The molecule has 0 bridgehead atoms. The summed E-state index contributed by atoms with van der Waals surface area (Å²) in [7, 11) is 1.64. The average Bonchev–Trinajstić information content (AvgIpc) is 2.87. The molecular formula is C13H12N4OS. The van der Waals surface area contributed by atoms with E-state index in [1.807, 2.05) is 23.7 Å². The van der Waals surface area contributed by atoms with Gasteiger partial charge in [-0.05, 0) is 25.1 Å². The van der Waals surface area contributed by atoms with Crippen molar-refractivity contribution in [2.24, 2.45) is 7.05 Å². The number of aryl methyl sites for hydroxylation is 1. The van der Waals surface area contributed by atoms with E-state index in [2.05, 4.69) is 15.4 Å². The van der Waals surface area contributed by atoms with E-state index in [1.165, 1.54) is 4.68 Å². The Morgan fingerprint density at radius 2 is 2.21 bits per heavy atom. The van der Waals surface area contributed by atoms with Gasteiger partial charge >= 0.3 is 0 Å². The molecule has 0 fully saturated rings. The lowest BCUT2D eigenvalue weighted by molar-refractivity contribution is 0.702. The Bertz CT molecular complexity index is 806. The van der Waals surface area contributed by atoms with Crippen LogP contribution in [0.1, 0.15) is 5.56 Å². The molecule has 3 rings (SSSR count). The highest BCUT2D eigenvalue weighted by Gasteiger charge is 2.06. The summed E-state index contributed by atoms with van der Waals surface area (Å²) in [6.07, 6.45) is 1.66. The normalized spacial score (nSPS) is 10.8. The lowest BCUT2D eigenvalue weighted by Crippen LogP contribution is -2.22. The van der Waals surface area contributed by atoms with E-state index in [9.17, 15) is 4.79 Å².